The van der Waals surface area contributed by atoms with E-state index in [2.05, 4.69) is 250 Å². The fraction of sp³-hybridized carbons (Fsp3) is 0.171. The Kier molecular flexibility index (Phi) is 8.32. The van der Waals surface area contributed by atoms with Crippen LogP contribution in [0.15, 0.2) is 194 Å². The highest BCUT2D eigenvalue weighted by Gasteiger charge is 2.40. The predicted molar refractivity (Wildman–Crippen MR) is 296 cm³/mol. The van der Waals surface area contributed by atoms with Gasteiger partial charge in [0, 0.05) is 21.7 Å². The van der Waals surface area contributed by atoms with Crippen LogP contribution in [0.4, 0.5) is 0 Å². The second kappa shape index (κ2) is 14.0. The average molecular weight is 897 g/mol. The zero-order valence-corrected chi connectivity index (χ0v) is 41.5. The van der Waals surface area contributed by atoms with Gasteiger partial charge in [-0.3, -0.25) is 0 Å². The van der Waals surface area contributed by atoms with Crippen molar-refractivity contribution in [3.8, 4) is 89.0 Å². The fourth-order valence-corrected chi connectivity index (χ4v) is 13.5. The molecular weight excluding hydrogens is 841 g/mol. The molecule has 4 aliphatic carbocycles. The summed E-state index contributed by atoms with van der Waals surface area (Å²) < 4.78 is 0. The summed E-state index contributed by atoms with van der Waals surface area (Å²) in [5.41, 5.74) is 31.9. The Morgan fingerprint density at radius 2 is 0.414 bits per heavy atom. The van der Waals surface area contributed by atoms with Gasteiger partial charge in [-0.2, -0.15) is 0 Å². The first kappa shape index (κ1) is 41.4. The third kappa shape index (κ3) is 5.65. The maximum Gasteiger partial charge on any atom is 0.0159 e. The van der Waals surface area contributed by atoms with Gasteiger partial charge in [0.1, 0.15) is 0 Å². The van der Waals surface area contributed by atoms with Gasteiger partial charge in [0.05, 0.1) is 0 Å². The van der Waals surface area contributed by atoms with Crippen molar-refractivity contribution in [2.24, 2.45) is 0 Å². The lowest BCUT2D eigenvalue weighted by Gasteiger charge is -2.24. The first-order valence-corrected chi connectivity index (χ1v) is 25.3. The van der Waals surface area contributed by atoms with Crippen LogP contribution >= 0.6 is 0 Å². The molecule has 0 saturated carbocycles. The largest absolute Gasteiger partial charge is 0.0619 e. The van der Waals surface area contributed by atoms with E-state index in [4.69, 9.17) is 0 Å². The SMILES string of the molecule is CC1(C)c2ccccc2-c2ccc(-c3ccc4c(c3)C(C)(C)c3cc(-c5ccc6c(c5)C(C)(C)c5cc(-c7ccc8c(c7)C(C)(C)c7cc(-c9ccc%10ccccc%10c9)ccc7-8)ccc5-6)ccc3-4)cc21. The Labute approximate surface area is 413 Å². The van der Waals surface area contributed by atoms with Gasteiger partial charge in [0.15, 0.2) is 0 Å². The quantitative estimate of drug-likeness (QED) is 0.165. The lowest BCUT2D eigenvalue weighted by Crippen LogP contribution is -2.16. The number of rotatable bonds is 4. The van der Waals surface area contributed by atoms with Crippen LogP contribution in [-0.4, -0.2) is 0 Å². The molecule has 0 bridgehead atoms. The van der Waals surface area contributed by atoms with Crippen LogP contribution in [0.1, 0.15) is 99.9 Å². The molecule has 0 heterocycles. The normalized spacial score (nSPS) is 16.2. The van der Waals surface area contributed by atoms with Crippen molar-refractivity contribution in [2.75, 3.05) is 0 Å². The molecular formula is C70H56. The van der Waals surface area contributed by atoms with E-state index >= 15 is 0 Å². The van der Waals surface area contributed by atoms with E-state index < -0.39 is 0 Å². The monoisotopic (exact) mass is 896 g/mol. The summed E-state index contributed by atoms with van der Waals surface area (Å²) in [6.45, 7) is 19.2. The van der Waals surface area contributed by atoms with Crippen molar-refractivity contribution in [1.29, 1.82) is 0 Å². The molecule has 0 atom stereocenters. The molecule has 0 aromatic heterocycles. The Balaban J connectivity index is 0.753. The van der Waals surface area contributed by atoms with Gasteiger partial charge in [-0.25, -0.2) is 0 Å². The molecule has 10 aromatic rings. The summed E-state index contributed by atoms with van der Waals surface area (Å²) >= 11 is 0. The Morgan fingerprint density at radius 1 is 0.186 bits per heavy atom. The highest BCUT2D eigenvalue weighted by atomic mass is 14.4. The standard InChI is InChI=1S/C70H56/c1-67(2)59-16-12-11-15-51(59)52-26-20-45(35-60(52)67)46-21-28-55-56-30-24-49(39-64(56)69(5,6)63(55)36-46)50-25-32-58-57-31-23-48(38-65(57)70(7,8)66(58)40-50)47-22-29-54-53-27-19-44(34-61(53)68(3,4)62(54)37-47)43-18-17-41-13-9-10-14-42(41)33-43/h9-40H,1-8H3. The molecule has 70 heavy (non-hydrogen) atoms. The van der Waals surface area contributed by atoms with Gasteiger partial charge >= 0.3 is 0 Å². The lowest BCUT2D eigenvalue weighted by atomic mass is 9.79. The molecule has 14 rings (SSSR count). The Bertz CT molecular complexity index is 3940. The smallest absolute Gasteiger partial charge is 0.0159 e. The van der Waals surface area contributed by atoms with Crippen LogP contribution in [0.5, 0.6) is 0 Å². The van der Waals surface area contributed by atoms with E-state index in [0.29, 0.717) is 0 Å². The number of hydrogen-bond acceptors (Lipinski definition) is 0. The van der Waals surface area contributed by atoms with Crippen molar-refractivity contribution in [2.45, 2.75) is 77.0 Å². The van der Waals surface area contributed by atoms with Crippen molar-refractivity contribution in [3.05, 3.63) is 239 Å². The molecule has 0 N–H and O–H groups in total. The molecule has 0 radical (unpaired) electrons. The summed E-state index contributed by atoms with van der Waals surface area (Å²) in [4.78, 5) is 0. The van der Waals surface area contributed by atoms with Crippen molar-refractivity contribution in [3.63, 3.8) is 0 Å². The van der Waals surface area contributed by atoms with Crippen molar-refractivity contribution < 1.29 is 0 Å². The molecule has 0 fully saturated rings. The average Bonchev–Trinajstić information content (AvgIpc) is 3.94. The first-order chi connectivity index (χ1) is 33.7. The van der Waals surface area contributed by atoms with E-state index in [1.54, 1.807) is 0 Å². The fourth-order valence-electron chi connectivity index (χ4n) is 13.5. The highest BCUT2D eigenvalue weighted by molar-refractivity contribution is 5.93. The lowest BCUT2D eigenvalue weighted by molar-refractivity contribution is 0.659. The van der Waals surface area contributed by atoms with Crippen LogP contribution in [0.2, 0.25) is 0 Å². The van der Waals surface area contributed by atoms with Gasteiger partial charge in [0.2, 0.25) is 0 Å². The van der Waals surface area contributed by atoms with Crippen LogP contribution in [0.3, 0.4) is 0 Å². The van der Waals surface area contributed by atoms with E-state index in [1.807, 2.05) is 0 Å². The topological polar surface area (TPSA) is 0 Å². The maximum atomic E-state index is 2.48. The van der Waals surface area contributed by atoms with Gasteiger partial charge in [0.25, 0.3) is 0 Å². The van der Waals surface area contributed by atoms with Crippen LogP contribution < -0.4 is 0 Å². The molecule has 336 valence electrons. The van der Waals surface area contributed by atoms with Gasteiger partial charge in [-0.05, 0) is 193 Å². The third-order valence-electron chi connectivity index (χ3n) is 17.7. The molecule has 0 unspecified atom stereocenters. The Hall–Kier alpha value is -7.54. The molecule has 0 nitrogen and oxygen atoms in total. The van der Waals surface area contributed by atoms with E-state index in [1.165, 1.54) is 144 Å². The minimum Gasteiger partial charge on any atom is -0.0619 e. The van der Waals surface area contributed by atoms with Gasteiger partial charge in [-0.15, -0.1) is 0 Å². The first-order valence-electron chi connectivity index (χ1n) is 25.3. The number of benzene rings is 10. The Morgan fingerprint density at radius 3 is 0.743 bits per heavy atom. The van der Waals surface area contributed by atoms with E-state index in [-0.39, 0.29) is 21.7 Å². The van der Waals surface area contributed by atoms with Crippen molar-refractivity contribution >= 4 is 10.8 Å². The maximum absolute atomic E-state index is 2.48. The van der Waals surface area contributed by atoms with Gasteiger partial charge in [-0.1, -0.05) is 201 Å². The molecule has 0 spiro atoms. The van der Waals surface area contributed by atoms with E-state index in [9.17, 15) is 0 Å². The highest BCUT2D eigenvalue weighted by Crippen LogP contribution is 2.56. The van der Waals surface area contributed by atoms with Crippen molar-refractivity contribution in [1.82, 2.24) is 0 Å². The summed E-state index contributed by atoms with van der Waals surface area (Å²) in [5.74, 6) is 0. The van der Waals surface area contributed by atoms with Crippen LogP contribution in [0, 0.1) is 0 Å². The zero-order valence-electron chi connectivity index (χ0n) is 41.5. The minimum absolute atomic E-state index is 0.0241. The molecule has 10 aromatic carbocycles. The van der Waals surface area contributed by atoms with Crippen LogP contribution in [0.25, 0.3) is 99.8 Å². The molecule has 0 heteroatoms. The summed E-state index contributed by atoms with van der Waals surface area (Å²) in [6, 6.07) is 74.7. The molecule has 0 amide bonds. The molecule has 4 aliphatic rings. The summed E-state index contributed by atoms with van der Waals surface area (Å²) in [6.07, 6.45) is 0. The zero-order chi connectivity index (χ0) is 47.6. The predicted octanol–water partition coefficient (Wildman–Crippen LogP) is 18.7. The van der Waals surface area contributed by atoms with Crippen LogP contribution in [-0.2, 0) is 21.7 Å². The summed E-state index contributed by atoms with van der Waals surface area (Å²) in [7, 11) is 0. The minimum atomic E-state index is -0.152. The number of fused-ring (bicyclic) bond motifs is 13. The second-order valence-corrected chi connectivity index (χ2v) is 22.9. The number of hydrogen-bond donors (Lipinski definition) is 0. The molecule has 0 saturated heterocycles. The molecule has 0 aliphatic heterocycles. The third-order valence-corrected chi connectivity index (χ3v) is 17.7. The van der Waals surface area contributed by atoms with E-state index in [0.717, 1.165) is 0 Å². The second-order valence-electron chi connectivity index (χ2n) is 22.9. The summed E-state index contributed by atoms with van der Waals surface area (Å²) in [5, 5.41) is 2.56. The van der Waals surface area contributed by atoms with Gasteiger partial charge < -0.3 is 0 Å².